The molecule has 0 saturated heterocycles. The van der Waals surface area contributed by atoms with Gasteiger partial charge < -0.3 is 5.32 Å². The lowest BCUT2D eigenvalue weighted by molar-refractivity contribution is -0.384. The summed E-state index contributed by atoms with van der Waals surface area (Å²) in [4.78, 5) is 22.1. The molecule has 0 unspecified atom stereocenters. The smallest absolute Gasteiger partial charge is 0.322 e. The Hall–Kier alpha value is -2.24. The first kappa shape index (κ1) is 18.1. The summed E-state index contributed by atoms with van der Waals surface area (Å²) in [6.07, 6.45) is -4.90. The predicted molar refractivity (Wildman–Crippen MR) is 85.2 cm³/mol. The summed E-state index contributed by atoms with van der Waals surface area (Å²) in [7, 11) is 0. The summed E-state index contributed by atoms with van der Waals surface area (Å²) in [6, 6.07) is 5.50. The van der Waals surface area contributed by atoms with Gasteiger partial charge in [0.05, 0.1) is 16.1 Å². The second-order valence-corrected chi connectivity index (χ2v) is 5.73. The van der Waals surface area contributed by atoms with Crippen molar-refractivity contribution >= 4 is 39.9 Å². The van der Waals surface area contributed by atoms with Crippen LogP contribution in [0.3, 0.4) is 0 Å². The van der Waals surface area contributed by atoms with Crippen LogP contribution in [0.25, 0.3) is 0 Å². The predicted octanol–water partition coefficient (Wildman–Crippen LogP) is 4.61. The molecule has 10 heteroatoms. The number of nitrogens with one attached hydrogen (secondary N) is 1. The van der Waals surface area contributed by atoms with Gasteiger partial charge in [0.2, 0.25) is 0 Å². The molecular formula is C14H7F4IN2O3. The quantitative estimate of drug-likeness (QED) is 0.319. The van der Waals surface area contributed by atoms with Gasteiger partial charge in [0, 0.05) is 21.4 Å². The Balaban J connectivity index is 2.29. The van der Waals surface area contributed by atoms with Crippen LogP contribution in [-0.4, -0.2) is 10.8 Å². The number of nitrogens with zero attached hydrogens (tertiary/aromatic N) is 1. The molecule has 2 rings (SSSR count). The van der Waals surface area contributed by atoms with Crippen molar-refractivity contribution in [1.82, 2.24) is 0 Å². The molecule has 2 aromatic carbocycles. The fraction of sp³-hybridized carbons (Fsp3) is 0.0714. The molecule has 0 aliphatic carbocycles. The van der Waals surface area contributed by atoms with Crippen molar-refractivity contribution in [1.29, 1.82) is 0 Å². The van der Waals surface area contributed by atoms with Gasteiger partial charge in [-0.3, -0.25) is 14.9 Å². The highest BCUT2D eigenvalue weighted by Gasteiger charge is 2.34. The Morgan fingerprint density at radius 2 is 1.83 bits per heavy atom. The molecule has 0 saturated carbocycles. The van der Waals surface area contributed by atoms with E-state index in [0.717, 1.165) is 18.2 Å². The molecular weight excluding hydrogens is 447 g/mol. The zero-order valence-electron chi connectivity index (χ0n) is 11.5. The lowest BCUT2D eigenvalue weighted by Gasteiger charge is -2.11. The monoisotopic (exact) mass is 454 g/mol. The molecule has 5 nitrogen and oxygen atoms in total. The molecule has 0 aliphatic rings. The number of rotatable bonds is 3. The summed E-state index contributed by atoms with van der Waals surface area (Å²) in [6.45, 7) is 0. The molecule has 0 bridgehead atoms. The summed E-state index contributed by atoms with van der Waals surface area (Å²) in [5, 5.41) is 12.9. The molecule has 0 spiro atoms. The van der Waals surface area contributed by atoms with Crippen LogP contribution >= 0.6 is 22.6 Å². The van der Waals surface area contributed by atoms with E-state index < -0.39 is 28.4 Å². The minimum absolute atomic E-state index is 0.0408. The van der Waals surface area contributed by atoms with Crippen molar-refractivity contribution in [2.24, 2.45) is 0 Å². The van der Waals surface area contributed by atoms with E-state index in [1.165, 1.54) is 6.07 Å². The first-order valence-corrected chi connectivity index (χ1v) is 7.29. The van der Waals surface area contributed by atoms with Crippen LogP contribution in [-0.2, 0) is 6.18 Å². The Kier molecular flexibility index (Phi) is 5.06. The van der Waals surface area contributed by atoms with Crippen molar-refractivity contribution in [3.8, 4) is 0 Å². The van der Waals surface area contributed by atoms with Crippen LogP contribution in [0.2, 0.25) is 0 Å². The minimum Gasteiger partial charge on any atom is -0.322 e. The normalized spacial score (nSPS) is 11.2. The van der Waals surface area contributed by atoms with Gasteiger partial charge >= 0.3 is 6.18 Å². The highest BCUT2D eigenvalue weighted by molar-refractivity contribution is 14.1. The van der Waals surface area contributed by atoms with Gasteiger partial charge in [-0.05, 0) is 46.9 Å². The average Bonchev–Trinajstić information content (AvgIpc) is 2.47. The van der Waals surface area contributed by atoms with Crippen LogP contribution in [0.1, 0.15) is 15.9 Å². The Labute approximate surface area is 146 Å². The van der Waals surface area contributed by atoms with Gasteiger partial charge in [-0.15, -0.1) is 0 Å². The number of hydrogen-bond donors (Lipinski definition) is 1. The standard InChI is InChI=1S/C14H7F4IN2O3/c15-11-4-1-7(5-10(11)14(16,17)18)20-13(22)9-3-2-8(21(23)24)6-12(9)19/h1-6H,(H,20,22). The number of non-ortho nitro benzene ring substituents is 1. The van der Waals surface area contributed by atoms with Gasteiger partial charge in [0.25, 0.3) is 11.6 Å². The Bertz CT molecular complexity index is 824. The van der Waals surface area contributed by atoms with Gasteiger partial charge in [-0.1, -0.05) is 0 Å². The molecule has 0 aromatic heterocycles. The van der Waals surface area contributed by atoms with Crippen LogP contribution in [0.4, 0.5) is 28.9 Å². The number of anilines is 1. The molecule has 0 heterocycles. The highest BCUT2D eigenvalue weighted by Crippen LogP contribution is 2.33. The number of hydrogen-bond acceptors (Lipinski definition) is 3. The number of amides is 1. The van der Waals surface area contributed by atoms with E-state index in [1.54, 1.807) is 22.6 Å². The maximum atomic E-state index is 13.2. The number of halogens is 5. The second kappa shape index (κ2) is 6.71. The number of nitro benzene ring substituents is 1. The molecule has 24 heavy (non-hydrogen) atoms. The molecule has 2 aromatic rings. The van der Waals surface area contributed by atoms with E-state index in [9.17, 15) is 32.5 Å². The van der Waals surface area contributed by atoms with Crippen molar-refractivity contribution in [3.63, 3.8) is 0 Å². The summed E-state index contributed by atoms with van der Waals surface area (Å²) < 4.78 is 51.4. The van der Waals surface area contributed by atoms with E-state index in [1.807, 2.05) is 0 Å². The number of nitro groups is 1. The average molecular weight is 454 g/mol. The first-order chi connectivity index (χ1) is 11.1. The largest absolute Gasteiger partial charge is 0.419 e. The van der Waals surface area contributed by atoms with Crippen molar-refractivity contribution in [2.75, 3.05) is 5.32 Å². The third-order valence-electron chi connectivity index (χ3n) is 2.94. The number of carbonyl (C=O) groups is 1. The lowest BCUT2D eigenvalue weighted by Crippen LogP contribution is -2.15. The minimum atomic E-state index is -4.90. The zero-order chi connectivity index (χ0) is 18.1. The van der Waals surface area contributed by atoms with Gasteiger partial charge in [0.15, 0.2) is 0 Å². The molecule has 1 N–H and O–H groups in total. The van der Waals surface area contributed by atoms with Crippen LogP contribution in [0, 0.1) is 19.5 Å². The SMILES string of the molecule is O=C(Nc1ccc(F)c(C(F)(F)F)c1)c1ccc([N+](=O)[O-])cc1I. The molecule has 0 atom stereocenters. The Morgan fingerprint density at radius 3 is 2.38 bits per heavy atom. The van der Waals surface area contributed by atoms with E-state index in [4.69, 9.17) is 0 Å². The fourth-order valence-electron chi connectivity index (χ4n) is 1.82. The second-order valence-electron chi connectivity index (χ2n) is 4.57. The Morgan fingerprint density at radius 1 is 1.17 bits per heavy atom. The van der Waals surface area contributed by atoms with Crippen LogP contribution < -0.4 is 5.32 Å². The van der Waals surface area contributed by atoms with Gasteiger partial charge in [-0.2, -0.15) is 13.2 Å². The molecule has 0 radical (unpaired) electrons. The maximum Gasteiger partial charge on any atom is 0.419 e. The number of alkyl halides is 3. The lowest BCUT2D eigenvalue weighted by atomic mass is 10.1. The summed E-state index contributed by atoms with van der Waals surface area (Å²) in [5.74, 6) is -2.22. The fourth-order valence-corrected chi connectivity index (χ4v) is 2.56. The molecule has 1 amide bonds. The topological polar surface area (TPSA) is 72.2 Å². The molecule has 126 valence electrons. The van der Waals surface area contributed by atoms with Crippen LogP contribution in [0.15, 0.2) is 36.4 Å². The number of carbonyl (C=O) groups excluding carboxylic acids is 1. The maximum absolute atomic E-state index is 13.2. The summed E-state index contributed by atoms with van der Waals surface area (Å²) in [5.41, 5.74) is -1.93. The molecule has 0 fully saturated rings. The first-order valence-electron chi connectivity index (χ1n) is 6.21. The summed E-state index contributed by atoms with van der Waals surface area (Å²) >= 11 is 1.70. The number of benzene rings is 2. The van der Waals surface area contributed by atoms with Gasteiger partial charge in [-0.25, -0.2) is 4.39 Å². The third-order valence-corrected chi connectivity index (χ3v) is 3.83. The van der Waals surface area contributed by atoms with E-state index in [2.05, 4.69) is 5.32 Å². The van der Waals surface area contributed by atoms with Crippen molar-refractivity contribution in [2.45, 2.75) is 6.18 Å². The van der Waals surface area contributed by atoms with Crippen molar-refractivity contribution in [3.05, 3.63) is 67.0 Å². The van der Waals surface area contributed by atoms with Crippen LogP contribution in [0.5, 0.6) is 0 Å². The van der Waals surface area contributed by atoms with Crippen molar-refractivity contribution < 1.29 is 27.3 Å². The van der Waals surface area contributed by atoms with Gasteiger partial charge in [0.1, 0.15) is 5.82 Å². The third kappa shape index (κ3) is 3.99. The highest BCUT2D eigenvalue weighted by atomic mass is 127. The van der Waals surface area contributed by atoms with E-state index in [-0.39, 0.29) is 20.5 Å². The molecule has 0 aliphatic heterocycles. The zero-order valence-corrected chi connectivity index (χ0v) is 13.7. The van der Waals surface area contributed by atoms with E-state index >= 15 is 0 Å². The van der Waals surface area contributed by atoms with E-state index in [0.29, 0.717) is 12.1 Å².